The van der Waals surface area contributed by atoms with Crippen molar-refractivity contribution in [2.24, 2.45) is 0 Å². The Balaban J connectivity index is 4.17. The Morgan fingerprint density at radius 2 is 2.22 bits per heavy atom. The first-order chi connectivity index (χ1) is 4.04. The standard InChI is InChI=1S/C6H7ClO2/c1-4(6(8)9)3-5(2)7/h3H,2H2,1H3,(H,8,9)/b4-3+. The summed E-state index contributed by atoms with van der Waals surface area (Å²) in [4.78, 5) is 10.1. The second-order valence-electron chi connectivity index (χ2n) is 1.58. The third-order valence-corrected chi connectivity index (χ3v) is 0.820. The average molecular weight is 147 g/mol. The minimum absolute atomic E-state index is 0.190. The van der Waals surface area contributed by atoms with Gasteiger partial charge in [-0.05, 0) is 13.0 Å². The molecule has 0 saturated carbocycles. The molecule has 0 heterocycles. The van der Waals surface area contributed by atoms with Gasteiger partial charge in [0.15, 0.2) is 0 Å². The van der Waals surface area contributed by atoms with E-state index in [1.165, 1.54) is 13.0 Å². The molecule has 0 amide bonds. The summed E-state index contributed by atoms with van der Waals surface area (Å²) in [5.74, 6) is -0.975. The Morgan fingerprint density at radius 1 is 1.78 bits per heavy atom. The highest BCUT2D eigenvalue weighted by atomic mass is 35.5. The van der Waals surface area contributed by atoms with Crippen LogP contribution in [0, 0.1) is 0 Å². The lowest BCUT2D eigenvalue weighted by atomic mass is 10.3. The number of carboxylic acid groups (broad SMARTS) is 1. The molecule has 0 unspecified atom stereocenters. The predicted molar refractivity (Wildman–Crippen MR) is 36.4 cm³/mol. The molecule has 0 atom stereocenters. The molecule has 0 spiro atoms. The molecule has 0 aliphatic heterocycles. The highest BCUT2D eigenvalue weighted by Crippen LogP contribution is 2.03. The van der Waals surface area contributed by atoms with Crippen molar-refractivity contribution in [3.63, 3.8) is 0 Å². The number of carboxylic acids is 1. The summed E-state index contributed by atoms with van der Waals surface area (Å²) >= 11 is 5.28. The zero-order valence-electron chi connectivity index (χ0n) is 5.02. The molecule has 0 aliphatic carbocycles. The highest BCUT2D eigenvalue weighted by Gasteiger charge is 1.97. The van der Waals surface area contributed by atoms with Crippen molar-refractivity contribution in [1.82, 2.24) is 0 Å². The van der Waals surface area contributed by atoms with E-state index in [2.05, 4.69) is 6.58 Å². The van der Waals surface area contributed by atoms with Crippen LogP contribution in [0.15, 0.2) is 23.3 Å². The Kier molecular flexibility index (Phi) is 3.02. The average Bonchev–Trinajstić information content (AvgIpc) is 1.63. The van der Waals surface area contributed by atoms with Crippen LogP contribution in [0.5, 0.6) is 0 Å². The molecule has 3 heteroatoms. The van der Waals surface area contributed by atoms with Crippen LogP contribution in [-0.2, 0) is 4.79 Å². The maximum Gasteiger partial charge on any atom is 0.331 e. The predicted octanol–water partition coefficient (Wildman–Crippen LogP) is 1.77. The first kappa shape index (κ1) is 8.24. The molecule has 2 nitrogen and oxygen atoms in total. The molecule has 0 aromatic rings. The van der Waals surface area contributed by atoms with Gasteiger partial charge in [0.05, 0.1) is 0 Å². The number of hydrogen-bond acceptors (Lipinski definition) is 1. The number of hydrogen-bond donors (Lipinski definition) is 1. The molecule has 1 N–H and O–H groups in total. The number of aliphatic carboxylic acids is 1. The largest absolute Gasteiger partial charge is 0.478 e. The van der Waals surface area contributed by atoms with Crippen molar-refractivity contribution in [2.75, 3.05) is 0 Å². The first-order valence-electron chi connectivity index (χ1n) is 2.30. The summed E-state index contributed by atoms with van der Waals surface area (Å²) in [6, 6.07) is 0. The Morgan fingerprint density at radius 3 is 2.33 bits per heavy atom. The van der Waals surface area contributed by atoms with Crippen LogP contribution < -0.4 is 0 Å². The van der Waals surface area contributed by atoms with Gasteiger partial charge in [0.2, 0.25) is 0 Å². The zero-order valence-corrected chi connectivity index (χ0v) is 5.77. The van der Waals surface area contributed by atoms with Crippen LogP contribution in [0.4, 0.5) is 0 Å². The fourth-order valence-electron chi connectivity index (χ4n) is 0.297. The van der Waals surface area contributed by atoms with Crippen molar-refractivity contribution in [3.8, 4) is 0 Å². The fourth-order valence-corrected chi connectivity index (χ4v) is 0.460. The molecule has 0 aromatic carbocycles. The summed E-state index contributed by atoms with van der Waals surface area (Å²) in [5.41, 5.74) is 0.190. The van der Waals surface area contributed by atoms with Gasteiger partial charge in [-0.2, -0.15) is 0 Å². The van der Waals surface area contributed by atoms with E-state index in [4.69, 9.17) is 16.7 Å². The fraction of sp³-hybridized carbons (Fsp3) is 0.167. The molecule has 0 saturated heterocycles. The minimum Gasteiger partial charge on any atom is -0.478 e. The zero-order chi connectivity index (χ0) is 7.44. The van der Waals surface area contributed by atoms with E-state index in [1.807, 2.05) is 0 Å². The Bertz CT molecular complexity index is 170. The smallest absolute Gasteiger partial charge is 0.331 e. The maximum atomic E-state index is 10.1. The van der Waals surface area contributed by atoms with Crippen molar-refractivity contribution in [3.05, 3.63) is 23.3 Å². The summed E-state index contributed by atoms with van der Waals surface area (Å²) in [6.45, 7) is 4.76. The number of allylic oxidation sites excluding steroid dienone is 2. The molecule has 50 valence electrons. The lowest BCUT2D eigenvalue weighted by Crippen LogP contribution is -1.95. The molecule has 9 heavy (non-hydrogen) atoms. The topological polar surface area (TPSA) is 37.3 Å². The summed E-state index contributed by atoms with van der Waals surface area (Å²) < 4.78 is 0. The van der Waals surface area contributed by atoms with Crippen LogP contribution in [-0.4, -0.2) is 11.1 Å². The Labute approximate surface area is 58.4 Å². The number of carbonyl (C=O) groups is 1. The van der Waals surface area contributed by atoms with Gasteiger partial charge in [0.25, 0.3) is 0 Å². The van der Waals surface area contributed by atoms with Gasteiger partial charge in [0.1, 0.15) is 0 Å². The van der Waals surface area contributed by atoms with Gasteiger partial charge in [-0.1, -0.05) is 18.2 Å². The Hall–Kier alpha value is -0.760. The van der Waals surface area contributed by atoms with Gasteiger partial charge >= 0.3 is 5.97 Å². The molecule has 0 fully saturated rings. The minimum atomic E-state index is -0.975. The van der Waals surface area contributed by atoms with Gasteiger partial charge in [-0.25, -0.2) is 4.79 Å². The highest BCUT2D eigenvalue weighted by molar-refractivity contribution is 6.31. The summed E-state index contributed by atoms with van der Waals surface area (Å²) in [6.07, 6.45) is 1.30. The van der Waals surface area contributed by atoms with Crippen LogP contribution >= 0.6 is 11.6 Å². The van der Waals surface area contributed by atoms with Gasteiger partial charge in [-0.15, -0.1) is 0 Å². The first-order valence-corrected chi connectivity index (χ1v) is 2.68. The molecule has 0 bridgehead atoms. The van der Waals surface area contributed by atoms with Crippen LogP contribution in [0.25, 0.3) is 0 Å². The third kappa shape index (κ3) is 3.79. The van der Waals surface area contributed by atoms with Gasteiger partial charge < -0.3 is 5.11 Å². The van der Waals surface area contributed by atoms with E-state index < -0.39 is 5.97 Å². The molecule has 0 aliphatic rings. The molecule has 0 radical (unpaired) electrons. The van der Waals surface area contributed by atoms with E-state index in [1.54, 1.807) is 0 Å². The van der Waals surface area contributed by atoms with Crippen LogP contribution in [0.3, 0.4) is 0 Å². The van der Waals surface area contributed by atoms with Crippen molar-refractivity contribution < 1.29 is 9.90 Å². The SMILES string of the molecule is C=C(Cl)/C=C(\C)C(=O)O. The number of halogens is 1. The van der Waals surface area contributed by atoms with E-state index in [9.17, 15) is 4.79 Å². The molecule has 0 rings (SSSR count). The summed E-state index contributed by atoms with van der Waals surface area (Å²) in [7, 11) is 0. The van der Waals surface area contributed by atoms with Crippen LogP contribution in [0.1, 0.15) is 6.92 Å². The van der Waals surface area contributed by atoms with Gasteiger partial charge in [-0.3, -0.25) is 0 Å². The van der Waals surface area contributed by atoms with Crippen LogP contribution in [0.2, 0.25) is 0 Å². The van der Waals surface area contributed by atoms with E-state index in [0.29, 0.717) is 0 Å². The molecular formula is C6H7ClO2. The van der Waals surface area contributed by atoms with E-state index >= 15 is 0 Å². The van der Waals surface area contributed by atoms with Gasteiger partial charge in [0, 0.05) is 10.6 Å². The van der Waals surface area contributed by atoms with Crippen molar-refractivity contribution in [2.45, 2.75) is 6.92 Å². The van der Waals surface area contributed by atoms with E-state index in [-0.39, 0.29) is 10.6 Å². The second-order valence-corrected chi connectivity index (χ2v) is 2.06. The van der Waals surface area contributed by atoms with Crippen molar-refractivity contribution >= 4 is 17.6 Å². The maximum absolute atomic E-state index is 10.1. The monoisotopic (exact) mass is 146 g/mol. The molecule has 0 aromatic heterocycles. The number of rotatable bonds is 2. The second kappa shape index (κ2) is 3.30. The van der Waals surface area contributed by atoms with Crippen molar-refractivity contribution in [1.29, 1.82) is 0 Å². The molecular weight excluding hydrogens is 140 g/mol. The normalized spacial score (nSPS) is 11.1. The third-order valence-electron chi connectivity index (χ3n) is 0.710. The van der Waals surface area contributed by atoms with E-state index in [0.717, 1.165) is 0 Å². The quantitative estimate of drug-likeness (QED) is 0.476. The lowest BCUT2D eigenvalue weighted by molar-refractivity contribution is -0.132. The lowest BCUT2D eigenvalue weighted by Gasteiger charge is -1.88. The summed E-state index contributed by atoms with van der Waals surface area (Å²) in [5, 5.41) is 8.49.